The molecule has 116 valence electrons. The van der Waals surface area contributed by atoms with Gasteiger partial charge in [0.05, 0.1) is 6.57 Å². The molecule has 23 heavy (non-hydrogen) atoms. The van der Waals surface area contributed by atoms with Crippen LogP contribution >= 0.6 is 0 Å². The first-order chi connectivity index (χ1) is 10.9. The van der Waals surface area contributed by atoms with Crippen LogP contribution in [0.25, 0.3) is 4.85 Å². The van der Waals surface area contributed by atoms with Crippen molar-refractivity contribution in [2.75, 3.05) is 5.43 Å². The molecule has 0 fully saturated rings. The summed E-state index contributed by atoms with van der Waals surface area (Å²) in [4.78, 5) is 15.8. The molecule has 0 radical (unpaired) electrons. The molecule has 0 spiro atoms. The Labute approximate surface area is 134 Å². The maximum absolute atomic E-state index is 12.3. The predicted molar refractivity (Wildman–Crippen MR) is 89.1 cm³/mol. The molecule has 6 heteroatoms. The molecular weight excluding hydrogens is 290 g/mol. The first kappa shape index (κ1) is 15.0. The van der Waals surface area contributed by atoms with Gasteiger partial charge in [-0.15, -0.1) is 0 Å². The lowest BCUT2D eigenvalue weighted by atomic mass is 9.91. The van der Waals surface area contributed by atoms with Crippen LogP contribution in [0.2, 0.25) is 0 Å². The fraction of sp³-hybridized carbons (Fsp3) is 0.294. The molecule has 0 unspecified atom stereocenters. The van der Waals surface area contributed by atoms with Gasteiger partial charge in [-0.05, 0) is 11.0 Å². The van der Waals surface area contributed by atoms with Crippen molar-refractivity contribution >= 4 is 23.0 Å². The van der Waals surface area contributed by atoms with Crippen LogP contribution in [0.3, 0.4) is 0 Å². The number of rotatable bonds is 2. The topological polar surface area (TPSA) is 74.5 Å². The average Bonchev–Trinajstić information content (AvgIpc) is 3.06. The van der Waals surface area contributed by atoms with Gasteiger partial charge in [0.25, 0.3) is 5.69 Å². The number of H-pyrrole nitrogens is 1. The van der Waals surface area contributed by atoms with Gasteiger partial charge >= 0.3 is 0 Å². The first-order valence-corrected chi connectivity index (χ1v) is 7.33. The van der Waals surface area contributed by atoms with Crippen LogP contribution in [0, 0.1) is 6.57 Å². The number of aromatic nitrogens is 2. The molecule has 2 aromatic rings. The van der Waals surface area contributed by atoms with Crippen molar-refractivity contribution < 1.29 is 4.79 Å². The van der Waals surface area contributed by atoms with E-state index in [0.717, 1.165) is 11.3 Å². The standard InChI is InChI=1S/C17H17N5O/c1-17(2,3)15-13(18-4)16(22-20-15)21-19-12-9-10-7-5-6-8-11(10)14(12)23/h5-8H,9H2,1-3H3,(H2,20,21,22)/b19-12-. The van der Waals surface area contributed by atoms with Crippen molar-refractivity contribution in [2.24, 2.45) is 5.10 Å². The van der Waals surface area contributed by atoms with Gasteiger partial charge in [0, 0.05) is 17.7 Å². The van der Waals surface area contributed by atoms with Crippen molar-refractivity contribution in [1.29, 1.82) is 0 Å². The number of nitrogens with zero attached hydrogens (tertiary/aromatic N) is 3. The highest BCUT2D eigenvalue weighted by atomic mass is 16.1. The highest BCUT2D eigenvalue weighted by molar-refractivity contribution is 6.49. The van der Waals surface area contributed by atoms with E-state index in [2.05, 4.69) is 25.6 Å². The summed E-state index contributed by atoms with van der Waals surface area (Å²) in [5, 5.41) is 11.2. The molecule has 1 heterocycles. The zero-order valence-electron chi connectivity index (χ0n) is 13.3. The minimum absolute atomic E-state index is 0.0796. The van der Waals surface area contributed by atoms with Crippen molar-refractivity contribution in [3.8, 4) is 0 Å². The van der Waals surface area contributed by atoms with Gasteiger partial charge in [-0.25, -0.2) is 4.85 Å². The Morgan fingerprint density at radius 1 is 1.35 bits per heavy atom. The Hall–Kier alpha value is -2.94. The highest BCUT2D eigenvalue weighted by Gasteiger charge is 2.27. The van der Waals surface area contributed by atoms with Crippen LogP contribution in [-0.4, -0.2) is 21.7 Å². The number of hydrazone groups is 1. The van der Waals surface area contributed by atoms with Crippen molar-refractivity contribution in [1.82, 2.24) is 10.2 Å². The van der Waals surface area contributed by atoms with Crippen molar-refractivity contribution in [3.63, 3.8) is 0 Å². The molecule has 6 nitrogen and oxygen atoms in total. The Morgan fingerprint density at radius 3 is 2.74 bits per heavy atom. The van der Waals surface area contributed by atoms with E-state index in [9.17, 15) is 4.79 Å². The quantitative estimate of drug-likeness (QED) is 0.659. The van der Waals surface area contributed by atoms with E-state index in [1.54, 1.807) is 6.07 Å². The molecular formula is C17H17N5O. The summed E-state index contributed by atoms with van der Waals surface area (Å²) >= 11 is 0. The molecule has 0 bridgehead atoms. The molecule has 0 amide bonds. The van der Waals surface area contributed by atoms with E-state index in [1.807, 2.05) is 39.0 Å². The third-order valence-corrected chi connectivity index (χ3v) is 3.78. The number of anilines is 1. The summed E-state index contributed by atoms with van der Waals surface area (Å²) in [5.74, 6) is 0.269. The molecule has 0 saturated carbocycles. The number of Topliss-reactive ketones (excluding diaryl/α,β-unsaturated/α-hetero) is 1. The first-order valence-electron chi connectivity index (χ1n) is 7.33. The fourth-order valence-corrected chi connectivity index (χ4v) is 2.57. The smallest absolute Gasteiger partial charge is 0.252 e. The number of carbonyl (C=O) groups is 1. The van der Waals surface area contributed by atoms with Crippen LogP contribution in [-0.2, 0) is 11.8 Å². The summed E-state index contributed by atoms with van der Waals surface area (Å²) in [6.07, 6.45) is 0.492. The van der Waals surface area contributed by atoms with Crippen LogP contribution in [0.4, 0.5) is 11.5 Å². The largest absolute Gasteiger partial charge is 0.292 e. The second kappa shape index (κ2) is 5.36. The predicted octanol–water partition coefficient (Wildman–Crippen LogP) is 3.46. The Kier molecular flexibility index (Phi) is 3.49. The summed E-state index contributed by atoms with van der Waals surface area (Å²) in [6, 6.07) is 7.47. The van der Waals surface area contributed by atoms with Gasteiger partial charge in [-0.1, -0.05) is 45.0 Å². The molecule has 0 aliphatic heterocycles. The number of fused-ring (bicyclic) bond motifs is 1. The van der Waals surface area contributed by atoms with Gasteiger partial charge < -0.3 is 0 Å². The lowest BCUT2D eigenvalue weighted by molar-refractivity contribution is 0.106. The molecule has 0 saturated heterocycles. The summed E-state index contributed by atoms with van der Waals surface area (Å²) in [6.45, 7) is 13.4. The van der Waals surface area contributed by atoms with E-state index in [1.165, 1.54) is 0 Å². The van der Waals surface area contributed by atoms with E-state index in [-0.39, 0.29) is 11.2 Å². The zero-order valence-corrected chi connectivity index (χ0v) is 13.3. The number of hydrogen-bond acceptors (Lipinski definition) is 4. The fourth-order valence-electron chi connectivity index (χ4n) is 2.57. The highest BCUT2D eigenvalue weighted by Crippen LogP contribution is 2.35. The maximum atomic E-state index is 12.3. The van der Waals surface area contributed by atoms with Crippen LogP contribution < -0.4 is 5.43 Å². The molecule has 2 N–H and O–H groups in total. The summed E-state index contributed by atoms with van der Waals surface area (Å²) in [7, 11) is 0. The molecule has 1 aromatic carbocycles. The number of carbonyl (C=O) groups excluding carboxylic acids is 1. The normalized spacial score (nSPS) is 15.6. The molecule has 1 aromatic heterocycles. The third kappa shape index (κ3) is 2.61. The lowest BCUT2D eigenvalue weighted by Crippen LogP contribution is -2.11. The SMILES string of the molecule is [C-]#[N+]c1c(N/N=C2/Cc3ccccc3C2=O)n[nH]c1C(C)(C)C. The van der Waals surface area contributed by atoms with E-state index >= 15 is 0 Å². The maximum Gasteiger partial charge on any atom is 0.252 e. The van der Waals surface area contributed by atoms with Gasteiger partial charge in [-0.2, -0.15) is 10.2 Å². The van der Waals surface area contributed by atoms with Crippen molar-refractivity contribution in [2.45, 2.75) is 32.6 Å². The van der Waals surface area contributed by atoms with Gasteiger partial charge in [-0.3, -0.25) is 15.3 Å². The summed E-state index contributed by atoms with van der Waals surface area (Å²) < 4.78 is 0. The molecule has 1 aliphatic rings. The van der Waals surface area contributed by atoms with Crippen LogP contribution in [0.15, 0.2) is 29.4 Å². The second-order valence-electron chi connectivity index (χ2n) is 6.49. The Balaban J connectivity index is 1.87. The second-order valence-corrected chi connectivity index (χ2v) is 6.49. The molecule has 0 atom stereocenters. The van der Waals surface area contributed by atoms with E-state index < -0.39 is 0 Å². The van der Waals surface area contributed by atoms with E-state index in [0.29, 0.717) is 29.2 Å². The van der Waals surface area contributed by atoms with Crippen molar-refractivity contribution in [3.05, 3.63) is 52.5 Å². The molecule has 1 aliphatic carbocycles. The number of nitrogens with one attached hydrogen (secondary N) is 2. The van der Waals surface area contributed by atoms with Gasteiger partial charge in [0.1, 0.15) is 5.71 Å². The third-order valence-electron chi connectivity index (χ3n) is 3.78. The van der Waals surface area contributed by atoms with Gasteiger partial charge in [0.15, 0.2) is 5.82 Å². The summed E-state index contributed by atoms with van der Waals surface area (Å²) in [5.41, 5.74) is 5.80. The Bertz CT molecular complexity index is 849. The number of hydrogen-bond donors (Lipinski definition) is 2. The lowest BCUT2D eigenvalue weighted by Gasteiger charge is -2.16. The monoisotopic (exact) mass is 307 g/mol. The van der Waals surface area contributed by atoms with Crippen LogP contribution in [0.1, 0.15) is 42.4 Å². The minimum Gasteiger partial charge on any atom is -0.292 e. The number of ketones is 1. The number of benzene rings is 1. The van der Waals surface area contributed by atoms with Gasteiger partial charge in [0.2, 0.25) is 5.78 Å². The minimum atomic E-state index is -0.223. The van der Waals surface area contributed by atoms with E-state index in [4.69, 9.17) is 6.57 Å². The van der Waals surface area contributed by atoms with Crippen LogP contribution in [0.5, 0.6) is 0 Å². The zero-order chi connectivity index (χ0) is 16.6. The number of aromatic amines is 1. The Morgan fingerprint density at radius 2 is 2.09 bits per heavy atom. The molecule has 3 rings (SSSR count). The average molecular weight is 307 g/mol.